The summed E-state index contributed by atoms with van der Waals surface area (Å²) in [7, 11) is 5.35. The Morgan fingerprint density at radius 2 is 1.88 bits per heavy atom. The van der Waals surface area contributed by atoms with E-state index in [1.54, 1.807) is 26.3 Å². The number of nitrogens with zero attached hydrogens (tertiary/aromatic N) is 2. The SMILES string of the molecule is CN=C(NCCOc1cccc(F)c1)N(C)Cc1ccc(OC)cc1.I. The van der Waals surface area contributed by atoms with Gasteiger partial charge in [-0.1, -0.05) is 18.2 Å². The third-order valence-electron chi connectivity index (χ3n) is 3.60. The fraction of sp³-hybridized carbons (Fsp3) is 0.316. The van der Waals surface area contributed by atoms with E-state index >= 15 is 0 Å². The molecule has 0 spiro atoms. The highest BCUT2D eigenvalue weighted by Gasteiger charge is 2.06. The molecule has 142 valence electrons. The van der Waals surface area contributed by atoms with Crippen LogP contribution < -0.4 is 14.8 Å². The maximum atomic E-state index is 13.1. The van der Waals surface area contributed by atoms with Crippen LogP contribution in [-0.2, 0) is 6.54 Å². The summed E-state index contributed by atoms with van der Waals surface area (Å²) in [4.78, 5) is 6.29. The van der Waals surface area contributed by atoms with Crippen LogP contribution in [0.15, 0.2) is 53.5 Å². The third-order valence-corrected chi connectivity index (χ3v) is 3.60. The van der Waals surface area contributed by atoms with E-state index in [4.69, 9.17) is 9.47 Å². The lowest BCUT2D eigenvalue weighted by atomic mass is 10.2. The van der Waals surface area contributed by atoms with Gasteiger partial charge in [0.2, 0.25) is 0 Å². The van der Waals surface area contributed by atoms with E-state index in [0.29, 0.717) is 25.4 Å². The van der Waals surface area contributed by atoms with Gasteiger partial charge in [-0.15, -0.1) is 24.0 Å². The Hall–Kier alpha value is -2.03. The van der Waals surface area contributed by atoms with Crippen molar-refractivity contribution in [2.75, 3.05) is 34.4 Å². The van der Waals surface area contributed by atoms with Gasteiger partial charge in [-0.2, -0.15) is 0 Å². The molecule has 0 unspecified atom stereocenters. The maximum absolute atomic E-state index is 13.1. The van der Waals surface area contributed by atoms with Crippen molar-refractivity contribution >= 4 is 29.9 Å². The van der Waals surface area contributed by atoms with E-state index in [0.717, 1.165) is 17.3 Å². The third kappa shape index (κ3) is 7.07. The molecule has 0 heterocycles. The van der Waals surface area contributed by atoms with E-state index in [1.807, 2.05) is 36.2 Å². The Labute approximate surface area is 171 Å². The van der Waals surface area contributed by atoms with E-state index in [1.165, 1.54) is 12.1 Å². The molecule has 5 nitrogen and oxygen atoms in total. The number of methoxy groups -OCH3 is 1. The van der Waals surface area contributed by atoms with Crippen LogP contribution in [0.1, 0.15) is 5.56 Å². The molecule has 2 aromatic carbocycles. The van der Waals surface area contributed by atoms with Gasteiger partial charge in [-0.3, -0.25) is 4.99 Å². The predicted molar refractivity (Wildman–Crippen MR) is 113 cm³/mol. The van der Waals surface area contributed by atoms with Gasteiger partial charge in [-0.25, -0.2) is 4.39 Å². The number of halogens is 2. The first kappa shape index (κ1) is 22.0. The summed E-state index contributed by atoms with van der Waals surface area (Å²) in [5.74, 6) is 1.81. The zero-order valence-corrected chi connectivity index (χ0v) is 17.6. The molecule has 0 aliphatic rings. The standard InChI is InChI=1S/C19H24FN3O2.HI/c1-21-19(22-11-12-25-18-6-4-5-16(20)13-18)23(2)14-15-7-9-17(24-3)10-8-15;/h4-10,13H,11-12,14H2,1-3H3,(H,21,22);1H. The van der Waals surface area contributed by atoms with Crippen LogP contribution >= 0.6 is 24.0 Å². The smallest absolute Gasteiger partial charge is 0.193 e. The number of nitrogens with one attached hydrogen (secondary N) is 1. The van der Waals surface area contributed by atoms with Gasteiger partial charge in [0.15, 0.2) is 5.96 Å². The second-order valence-electron chi connectivity index (χ2n) is 5.48. The topological polar surface area (TPSA) is 46.1 Å². The summed E-state index contributed by atoms with van der Waals surface area (Å²) >= 11 is 0. The first-order chi connectivity index (χ1) is 12.1. The fourth-order valence-corrected chi connectivity index (χ4v) is 2.35. The van der Waals surface area contributed by atoms with Gasteiger partial charge in [0, 0.05) is 26.7 Å². The summed E-state index contributed by atoms with van der Waals surface area (Å²) < 4.78 is 23.8. The van der Waals surface area contributed by atoms with Crippen molar-refractivity contribution in [1.82, 2.24) is 10.2 Å². The van der Waals surface area contributed by atoms with Crippen LogP contribution in [0, 0.1) is 5.82 Å². The molecule has 0 aliphatic carbocycles. The largest absolute Gasteiger partial charge is 0.497 e. The molecule has 0 radical (unpaired) electrons. The monoisotopic (exact) mass is 473 g/mol. The van der Waals surface area contributed by atoms with Gasteiger partial charge in [0.25, 0.3) is 0 Å². The molecule has 0 atom stereocenters. The zero-order chi connectivity index (χ0) is 18.1. The number of aliphatic imine (C=N–C) groups is 1. The highest BCUT2D eigenvalue weighted by Crippen LogP contribution is 2.13. The van der Waals surface area contributed by atoms with Crippen LogP contribution in [-0.4, -0.2) is 45.2 Å². The van der Waals surface area contributed by atoms with Crippen molar-refractivity contribution in [2.45, 2.75) is 6.54 Å². The molecule has 0 bridgehead atoms. The van der Waals surface area contributed by atoms with Gasteiger partial charge >= 0.3 is 0 Å². The van der Waals surface area contributed by atoms with Gasteiger partial charge in [0.1, 0.15) is 23.9 Å². The summed E-state index contributed by atoms with van der Waals surface area (Å²) in [6.45, 7) is 1.70. The summed E-state index contributed by atoms with van der Waals surface area (Å²) in [5, 5.41) is 3.23. The molecule has 0 amide bonds. The minimum absolute atomic E-state index is 0. The van der Waals surface area contributed by atoms with E-state index in [9.17, 15) is 4.39 Å². The van der Waals surface area contributed by atoms with Crippen molar-refractivity contribution in [3.63, 3.8) is 0 Å². The summed E-state index contributed by atoms with van der Waals surface area (Å²) in [5.41, 5.74) is 1.15. The zero-order valence-electron chi connectivity index (χ0n) is 15.2. The van der Waals surface area contributed by atoms with Crippen molar-refractivity contribution in [3.05, 3.63) is 59.9 Å². The molecule has 0 fully saturated rings. The number of guanidine groups is 1. The summed E-state index contributed by atoms with van der Waals surface area (Å²) in [6.07, 6.45) is 0. The molecule has 0 saturated carbocycles. The number of benzene rings is 2. The first-order valence-corrected chi connectivity index (χ1v) is 8.05. The maximum Gasteiger partial charge on any atom is 0.193 e. The number of ether oxygens (including phenoxy) is 2. The van der Waals surface area contributed by atoms with Crippen LogP contribution in [0.3, 0.4) is 0 Å². The van der Waals surface area contributed by atoms with Crippen molar-refractivity contribution in [1.29, 1.82) is 0 Å². The molecule has 2 aromatic rings. The average molecular weight is 473 g/mol. The van der Waals surface area contributed by atoms with Crippen molar-refractivity contribution < 1.29 is 13.9 Å². The Morgan fingerprint density at radius 3 is 2.50 bits per heavy atom. The lowest BCUT2D eigenvalue weighted by Crippen LogP contribution is -2.40. The fourth-order valence-electron chi connectivity index (χ4n) is 2.35. The molecule has 1 N–H and O–H groups in total. The number of hydrogen-bond acceptors (Lipinski definition) is 3. The Bertz CT molecular complexity index is 695. The van der Waals surface area contributed by atoms with Crippen molar-refractivity contribution in [3.8, 4) is 11.5 Å². The van der Waals surface area contributed by atoms with Gasteiger partial charge in [0.05, 0.1) is 13.7 Å². The van der Waals surface area contributed by atoms with Crippen molar-refractivity contribution in [2.24, 2.45) is 4.99 Å². The first-order valence-electron chi connectivity index (χ1n) is 8.05. The minimum atomic E-state index is -0.305. The molecule has 26 heavy (non-hydrogen) atoms. The van der Waals surface area contributed by atoms with Gasteiger partial charge < -0.3 is 19.7 Å². The molecule has 0 saturated heterocycles. The average Bonchev–Trinajstić information content (AvgIpc) is 2.62. The molecule has 2 rings (SSSR count). The molecule has 0 aliphatic heterocycles. The number of rotatable bonds is 7. The minimum Gasteiger partial charge on any atom is -0.497 e. The highest BCUT2D eigenvalue weighted by atomic mass is 127. The number of hydrogen-bond donors (Lipinski definition) is 1. The van der Waals surface area contributed by atoms with Crippen LogP contribution in [0.4, 0.5) is 4.39 Å². The lowest BCUT2D eigenvalue weighted by molar-refractivity contribution is 0.317. The Balaban J connectivity index is 0.00000338. The second-order valence-corrected chi connectivity index (χ2v) is 5.48. The Kier molecular flexibility index (Phi) is 9.79. The van der Waals surface area contributed by atoms with E-state index < -0.39 is 0 Å². The van der Waals surface area contributed by atoms with E-state index in [2.05, 4.69) is 10.3 Å². The van der Waals surface area contributed by atoms with Crippen LogP contribution in [0.25, 0.3) is 0 Å². The Morgan fingerprint density at radius 1 is 1.15 bits per heavy atom. The predicted octanol–water partition coefficient (Wildman–Crippen LogP) is 3.54. The summed E-state index contributed by atoms with van der Waals surface area (Å²) in [6, 6.07) is 14.0. The van der Waals surface area contributed by atoms with Crippen LogP contribution in [0.5, 0.6) is 11.5 Å². The highest BCUT2D eigenvalue weighted by molar-refractivity contribution is 14.0. The molecular formula is C19H25FIN3O2. The molecule has 0 aromatic heterocycles. The second kappa shape index (κ2) is 11.6. The molecular weight excluding hydrogens is 448 g/mol. The quantitative estimate of drug-likeness (QED) is 0.289. The normalized spacial score (nSPS) is 10.7. The molecule has 7 heteroatoms. The van der Waals surface area contributed by atoms with E-state index in [-0.39, 0.29) is 29.8 Å². The lowest BCUT2D eigenvalue weighted by Gasteiger charge is -2.22. The van der Waals surface area contributed by atoms with Crippen LogP contribution in [0.2, 0.25) is 0 Å². The van der Waals surface area contributed by atoms with Gasteiger partial charge in [-0.05, 0) is 29.8 Å².